The highest BCUT2D eigenvalue weighted by Crippen LogP contribution is 2.24. The summed E-state index contributed by atoms with van der Waals surface area (Å²) in [5, 5.41) is 13.2. The van der Waals surface area contributed by atoms with Gasteiger partial charge in [-0.05, 0) is 31.5 Å². The first kappa shape index (κ1) is 14.8. The number of amides is 1. The zero-order chi connectivity index (χ0) is 14.6. The largest absolute Gasteiger partial charge is 0.385 e. The Morgan fingerprint density at radius 1 is 1.25 bits per heavy atom. The Hall–Kier alpha value is -1.65. The average Bonchev–Trinajstić information content (AvgIpc) is 2.83. The molecule has 1 heterocycles. The lowest BCUT2D eigenvalue weighted by Crippen LogP contribution is -2.32. The van der Waals surface area contributed by atoms with Gasteiger partial charge in [0.05, 0.1) is 18.6 Å². The molecule has 3 nitrogen and oxygen atoms in total. The van der Waals surface area contributed by atoms with Crippen molar-refractivity contribution in [3.63, 3.8) is 0 Å². The summed E-state index contributed by atoms with van der Waals surface area (Å²) in [6.07, 6.45) is 0.0569. The maximum absolute atomic E-state index is 11.9. The lowest BCUT2D eigenvalue weighted by molar-refractivity contribution is -0.126. The smallest absolute Gasteiger partial charge is 0.223 e. The lowest BCUT2D eigenvalue weighted by atomic mass is 9.92. The average molecular weight is 289 g/mol. The third-order valence-corrected chi connectivity index (χ3v) is 4.16. The van der Waals surface area contributed by atoms with E-state index in [1.807, 2.05) is 49.4 Å². The van der Waals surface area contributed by atoms with Crippen molar-refractivity contribution < 1.29 is 9.90 Å². The molecule has 2 aromatic rings. The summed E-state index contributed by atoms with van der Waals surface area (Å²) in [6.45, 7) is 4.22. The van der Waals surface area contributed by atoms with E-state index in [0.717, 1.165) is 10.4 Å². The molecule has 1 aromatic carbocycles. The van der Waals surface area contributed by atoms with Crippen LogP contribution in [0.25, 0.3) is 0 Å². The molecule has 0 saturated heterocycles. The third kappa shape index (κ3) is 3.92. The zero-order valence-corrected chi connectivity index (χ0v) is 12.5. The van der Waals surface area contributed by atoms with Crippen molar-refractivity contribution in [2.24, 2.45) is 0 Å². The van der Waals surface area contributed by atoms with Gasteiger partial charge in [0.25, 0.3) is 0 Å². The van der Waals surface area contributed by atoms with Crippen molar-refractivity contribution in [2.45, 2.75) is 32.4 Å². The first-order valence-corrected chi connectivity index (χ1v) is 7.39. The second kappa shape index (κ2) is 6.20. The summed E-state index contributed by atoms with van der Waals surface area (Å²) in [5.74, 6) is -0.148. The molecule has 0 bridgehead atoms. The molecule has 1 amide bonds. The van der Waals surface area contributed by atoms with Gasteiger partial charge in [0.15, 0.2) is 0 Å². The molecule has 1 unspecified atom stereocenters. The van der Waals surface area contributed by atoms with Crippen LogP contribution in [0.1, 0.15) is 28.7 Å². The van der Waals surface area contributed by atoms with Crippen LogP contribution < -0.4 is 5.32 Å². The molecule has 0 radical (unpaired) electrons. The number of carbonyl (C=O) groups is 1. The number of hydrogen-bond donors (Lipinski definition) is 2. The minimum Gasteiger partial charge on any atom is -0.385 e. The van der Waals surface area contributed by atoms with Gasteiger partial charge in [-0.2, -0.15) is 0 Å². The van der Waals surface area contributed by atoms with Gasteiger partial charge < -0.3 is 10.4 Å². The van der Waals surface area contributed by atoms with E-state index in [2.05, 4.69) is 5.32 Å². The van der Waals surface area contributed by atoms with Crippen LogP contribution in [0.2, 0.25) is 0 Å². The molecule has 0 fully saturated rings. The lowest BCUT2D eigenvalue weighted by Gasteiger charge is -2.23. The number of carbonyl (C=O) groups excluding carboxylic acids is 1. The van der Waals surface area contributed by atoms with Crippen molar-refractivity contribution in [2.75, 3.05) is 0 Å². The molecule has 4 heteroatoms. The molecule has 0 aliphatic heterocycles. The molecule has 106 valence electrons. The molecule has 2 rings (SSSR count). The first-order chi connectivity index (χ1) is 9.47. The minimum absolute atomic E-state index is 0.0569. The number of aryl methyl sites for hydroxylation is 1. The summed E-state index contributed by atoms with van der Waals surface area (Å²) in [7, 11) is 0. The van der Waals surface area contributed by atoms with Gasteiger partial charge in [0.1, 0.15) is 0 Å². The Bertz CT molecular complexity index is 575. The highest BCUT2D eigenvalue weighted by atomic mass is 32.1. The summed E-state index contributed by atoms with van der Waals surface area (Å²) in [6, 6.07) is 13.3. The van der Waals surface area contributed by atoms with Crippen LogP contribution in [0.3, 0.4) is 0 Å². The molecule has 0 aliphatic rings. The molecule has 1 aromatic heterocycles. The van der Waals surface area contributed by atoms with Crippen LogP contribution in [-0.4, -0.2) is 11.0 Å². The predicted molar refractivity (Wildman–Crippen MR) is 81.5 cm³/mol. The van der Waals surface area contributed by atoms with Gasteiger partial charge in [-0.1, -0.05) is 30.3 Å². The van der Waals surface area contributed by atoms with Crippen LogP contribution in [0, 0.1) is 6.92 Å². The van der Waals surface area contributed by atoms with Crippen LogP contribution in [-0.2, 0) is 16.9 Å². The number of thiophene rings is 1. The highest BCUT2D eigenvalue weighted by molar-refractivity contribution is 7.11. The second-order valence-corrected chi connectivity index (χ2v) is 6.48. The van der Waals surface area contributed by atoms with Gasteiger partial charge in [-0.25, -0.2) is 0 Å². The van der Waals surface area contributed by atoms with Gasteiger partial charge >= 0.3 is 0 Å². The molecular formula is C16H19NO2S. The molecule has 0 saturated carbocycles. The van der Waals surface area contributed by atoms with Crippen LogP contribution in [0.5, 0.6) is 0 Å². The fraction of sp³-hybridized carbons (Fsp3) is 0.312. The van der Waals surface area contributed by atoms with E-state index in [1.54, 1.807) is 18.3 Å². The maximum Gasteiger partial charge on any atom is 0.223 e. The van der Waals surface area contributed by atoms with E-state index in [0.29, 0.717) is 6.54 Å². The van der Waals surface area contributed by atoms with Crippen molar-refractivity contribution in [1.82, 2.24) is 5.32 Å². The fourth-order valence-corrected chi connectivity index (χ4v) is 2.87. The number of hydrogen-bond acceptors (Lipinski definition) is 3. The van der Waals surface area contributed by atoms with E-state index < -0.39 is 5.60 Å². The van der Waals surface area contributed by atoms with Crippen molar-refractivity contribution in [1.29, 1.82) is 0 Å². The van der Waals surface area contributed by atoms with E-state index in [9.17, 15) is 9.90 Å². The highest BCUT2D eigenvalue weighted by Gasteiger charge is 2.26. The van der Waals surface area contributed by atoms with Crippen molar-refractivity contribution >= 4 is 17.2 Å². The van der Waals surface area contributed by atoms with Crippen molar-refractivity contribution in [3.8, 4) is 0 Å². The van der Waals surface area contributed by atoms with Crippen LogP contribution in [0.15, 0.2) is 42.5 Å². The van der Waals surface area contributed by atoms with E-state index in [1.165, 1.54) is 4.88 Å². The predicted octanol–water partition coefficient (Wildman–Crippen LogP) is 2.97. The SMILES string of the molecule is Cc1ccc(CNC(=O)CC(C)(O)c2ccccc2)s1. The number of aliphatic hydroxyl groups is 1. The van der Waals surface area contributed by atoms with Crippen molar-refractivity contribution in [3.05, 3.63) is 57.8 Å². The molecular weight excluding hydrogens is 270 g/mol. The van der Waals surface area contributed by atoms with E-state index >= 15 is 0 Å². The minimum atomic E-state index is -1.14. The van der Waals surface area contributed by atoms with E-state index in [-0.39, 0.29) is 12.3 Å². The van der Waals surface area contributed by atoms with Gasteiger partial charge in [-0.15, -0.1) is 11.3 Å². The Morgan fingerprint density at radius 3 is 2.55 bits per heavy atom. The molecule has 0 aliphatic carbocycles. The number of rotatable bonds is 5. The van der Waals surface area contributed by atoms with Crippen LogP contribution in [0.4, 0.5) is 0 Å². The summed E-state index contributed by atoms with van der Waals surface area (Å²) < 4.78 is 0. The van der Waals surface area contributed by atoms with Crippen LogP contribution >= 0.6 is 11.3 Å². The van der Waals surface area contributed by atoms with Gasteiger partial charge in [-0.3, -0.25) is 4.79 Å². The van der Waals surface area contributed by atoms with E-state index in [4.69, 9.17) is 0 Å². The monoisotopic (exact) mass is 289 g/mol. The normalized spacial score (nSPS) is 13.8. The summed E-state index contributed by atoms with van der Waals surface area (Å²) in [4.78, 5) is 14.3. The maximum atomic E-state index is 11.9. The Labute approximate surface area is 123 Å². The Kier molecular flexibility index (Phi) is 4.57. The van der Waals surface area contributed by atoms with Gasteiger partial charge in [0, 0.05) is 9.75 Å². The molecule has 20 heavy (non-hydrogen) atoms. The fourth-order valence-electron chi connectivity index (χ4n) is 2.04. The summed E-state index contributed by atoms with van der Waals surface area (Å²) in [5.41, 5.74) is -0.390. The molecule has 0 spiro atoms. The standard InChI is InChI=1S/C16H19NO2S/c1-12-8-9-14(20-12)11-17-15(18)10-16(2,19)13-6-4-3-5-7-13/h3-9,19H,10-11H2,1-2H3,(H,17,18). The third-order valence-electron chi connectivity index (χ3n) is 3.16. The molecule has 2 N–H and O–H groups in total. The Morgan fingerprint density at radius 2 is 1.95 bits per heavy atom. The van der Waals surface area contributed by atoms with Gasteiger partial charge in [0.2, 0.25) is 5.91 Å². The second-order valence-electron chi connectivity index (χ2n) is 5.11. The number of nitrogens with one attached hydrogen (secondary N) is 1. The number of benzene rings is 1. The quantitative estimate of drug-likeness (QED) is 0.889. The first-order valence-electron chi connectivity index (χ1n) is 6.57. The Balaban J connectivity index is 1.91. The molecule has 1 atom stereocenters. The summed E-state index contributed by atoms with van der Waals surface area (Å²) >= 11 is 1.67. The zero-order valence-electron chi connectivity index (χ0n) is 11.7. The topological polar surface area (TPSA) is 49.3 Å².